The van der Waals surface area contributed by atoms with E-state index in [1.54, 1.807) is 25.4 Å². The minimum Gasteiger partial charge on any atom is -0.454 e. The lowest BCUT2D eigenvalue weighted by Crippen LogP contribution is -2.36. The van der Waals surface area contributed by atoms with Crippen LogP contribution in [0, 0.1) is 5.82 Å². The summed E-state index contributed by atoms with van der Waals surface area (Å²) in [5.74, 6) is 2.54. The molecule has 0 atom stereocenters. The molecule has 0 amide bonds. The molecule has 162 valence electrons. The highest BCUT2D eigenvalue weighted by molar-refractivity contribution is 14.0. The van der Waals surface area contributed by atoms with Crippen LogP contribution in [0.2, 0.25) is 0 Å². The number of aromatic nitrogens is 1. The first-order chi connectivity index (χ1) is 14.7. The molecule has 3 aromatic rings. The second-order valence-corrected chi connectivity index (χ2v) is 6.49. The second-order valence-electron chi connectivity index (χ2n) is 6.49. The third-order valence-corrected chi connectivity index (χ3v) is 4.43. The van der Waals surface area contributed by atoms with Crippen LogP contribution in [-0.4, -0.2) is 24.8 Å². The van der Waals surface area contributed by atoms with Crippen LogP contribution in [0.4, 0.5) is 4.39 Å². The highest BCUT2D eigenvalue weighted by atomic mass is 127. The van der Waals surface area contributed by atoms with Crippen LogP contribution in [0.5, 0.6) is 23.1 Å². The number of hydrogen-bond donors (Lipinski definition) is 2. The summed E-state index contributed by atoms with van der Waals surface area (Å²) >= 11 is 0. The zero-order chi connectivity index (χ0) is 20.8. The van der Waals surface area contributed by atoms with Gasteiger partial charge in [-0.2, -0.15) is 0 Å². The lowest BCUT2D eigenvalue weighted by molar-refractivity contribution is 0.174. The predicted octanol–water partition coefficient (Wildman–Crippen LogP) is 4.22. The molecule has 0 fully saturated rings. The van der Waals surface area contributed by atoms with Gasteiger partial charge in [-0.25, -0.2) is 9.37 Å². The fourth-order valence-corrected chi connectivity index (χ4v) is 2.93. The van der Waals surface area contributed by atoms with Crippen molar-refractivity contribution in [3.63, 3.8) is 0 Å². The third-order valence-electron chi connectivity index (χ3n) is 4.43. The van der Waals surface area contributed by atoms with Crippen molar-refractivity contribution in [2.75, 3.05) is 13.8 Å². The Labute approximate surface area is 196 Å². The van der Waals surface area contributed by atoms with E-state index < -0.39 is 0 Å². The van der Waals surface area contributed by atoms with E-state index in [4.69, 9.17) is 14.2 Å². The first-order valence-electron chi connectivity index (χ1n) is 9.41. The number of ether oxygens (including phenoxy) is 3. The molecule has 7 nitrogen and oxygen atoms in total. The Morgan fingerprint density at radius 2 is 1.90 bits per heavy atom. The van der Waals surface area contributed by atoms with Gasteiger partial charge in [0.2, 0.25) is 12.7 Å². The average molecular weight is 536 g/mol. The predicted molar refractivity (Wildman–Crippen MR) is 126 cm³/mol. The molecule has 2 aromatic carbocycles. The topological polar surface area (TPSA) is 77.0 Å². The van der Waals surface area contributed by atoms with Crippen molar-refractivity contribution in [3.8, 4) is 23.1 Å². The fraction of sp³-hybridized carbons (Fsp3) is 0.182. The first-order valence-corrected chi connectivity index (χ1v) is 9.41. The molecule has 0 bridgehead atoms. The van der Waals surface area contributed by atoms with Gasteiger partial charge in [0.05, 0.1) is 0 Å². The van der Waals surface area contributed by atoms with Crippen LogP contribution in [-0.2, 0) is 13.1 Å². The lowest BCUT2D eigenvalue weighted by atomic mass is 10.2. The normalized spacial score (nSPS) is 12.1. The molecule has 0 aliphatic carbocycles. The maximum atomic E-state index is 13.4. The minimum absolute atomic E-state index is 0. The summed E-state index contributed by atoms with van der Waals surface area (Å²) in [6.45, 7) is 1.25. The number of fused-ring (bicyclic) bond motifs is 1. The molecular formula is C22H22FIN4O3. The monoisotopic (exact) mass is 536 g/mol. The number of nitrogens with one attached hydrogen (secondary N) is 2. The van der Waals surface area contributed by atoms with Crippen LogP contribution in [0.3, 0.4) is 0 Å². The van der Waals surface area contributed by atoms with E-state index in [1.165, 1.54) is 12.1 Å². The van der Waals surface area contributed by atoms with Crippen molar-refractivity contribution in [1.82, 2.24) is 15.6 Å². The Kier molecular flexibility index (Phi) is 7.88. The van der Waals surface area contributed by atoms with E-state index in [0.717, 1.165) is 22.6 Å². The number of aliphatic imine (C=N–C) groups is 1. The molecule has 2 N–H and O–H groups in total. The smallest absolute Gasteiger partial charge is 0.231 e. The average Bonchev–Trinajstić information content (AvgIpc) is 3.23. The molecule has 9 heteroatoms. The molecule has 1 aliphatic rings. The molecule has 2 heterocycles. The van der Waals surface area contributed by atoms with Crippen LogP contribution in [0.25, 0.3) is 0 Å². The number of nitrogens with zero attached hydrogens (tertiary/aromatic N) is 2. The van der Waals surface area contributed by atoms with Gasteiger partial charge < -0.3 is 24.8 Å². The van der Waals surface area contributed by atoms with Gasteiger partial charge in [-0.15, -0.1) is 24.0 Å². The van der Waals surface area contributed by atoms with E-state index in [2.05, 4.69) is 20.6 Å². The highest BCUT2D eigenvalue weighted by Crippen LogP contribution is 2.32. The molecule has 0 unspecified atom stereocenters. The van der Waals surface area contributed by atoms with Gasteiger partial charge in [0, 0.05) is 38.0 Å². The number of pyridine rings is 1. The summed E-state index contributed by atoms with van der Waals surface area (Å²) in [6, 6.07) is 15.5. The quantitative estimate of drug-likeness (QED) is 0.279. The number of rotatable bonds is 6. The van der Waals surface area contributed by atoms with Crippen molar-refractivity contribution in [1.29, 1.82) is 0 Å². The zero-order valence-electron chi connectivity index (χ0n) is 16.8. The zero-order valence-corrected chi connectivity index (χ0v) is 19.1. The Morgan fingerprint density at radius 1 is 1.06 bits per heavy atom. The molecular weight excluding hydrogens is 514 g/mol. The molecule has 31 heavy (non-hydrogen) atoms. The summed E-state index contributed by atoms with van der Waals surface area (Å²) < 4.78 is 29.9. The van der Waals surface area contributed by atoms with Gasteiger partial charge >= 0.3 is 0 Å². The Hall–Kier alpha value is -3.08. The van der Waals surface area contributed by atoms with Crippen LogP contribution in [0.15, 0.2) is 65.8 Å². The minimum atomic E-state index is -0.365. The fourth-order valence-electron chi connectivity index (χ4n) is 2.93. The highest BCUT2D eigenvalue weighted by Gasteiger charge is 2.13. The van der Waals surface area contributed by atoms with E-state index >= 15 is 0 Å². The van der Waals surface area contributed by atoms with Crippen molar-refractivity contribution < 1.29 is 18.6 Å². The van der Waals surface area contributed by atoms with E-state index in [0.29, 0.717) is 30.7 Å². The molecule has 0 saturated heterocycles. The van der Waals surface area contributed by atoms with Gasteiger partial charge in [-0.3, -0.25) is 4.99 Å². The first kappa shape index (κ1) is 22.6. The summed E-state index contributed by atoms with van der Waals surface area (Å²) in [6.07, 6.45) is 1.63. The standard InChI is InChI=1S/C22H21FN4O3.HI/c1-24-22(26-12-15-7-8-19-20(10-15)29-14-28-19)27-13-16-4-3-9-25-21(16)30-18-6-2-5-17(23)11-18;/h2-11H,12-14H2,1H3,(H2,24,26,27);1H. The summed E-state index contributed by atoms with van der Waals surface area (Å²) in [5, 5.41) is 6.49. The van der Waals surface area contributed by atoms with Crippen LogP contribution >= 0.6 is 24.0 Å². The third kappa shape index (κ3) is 5.97. The molecule has 0 saturated carbocycles. The maximum absolute atomic E-state index is 13.4. The molecule has 0 radical (unpaired) electrons. The maximum Gasteiger partial charge on any atom is 0.231 e. The second kappa shape index (κ2) is 10.8. The number of benzene rings is 2. The van der Waals surface area contributed by atoms with Gasteiger partial charge in [-0.05, 0) is 35.9 Å². The molecule has 4 rings (SSSR count). The summed E-state index contributed by atoms with van der Waals surface area (Å²) in [5.41, 5.74) is 1.85. The van der Waals surface area contributed by atoms with Crippen molar-refractivity contribution in [3.05, 3.63) is 77.7 Å². The Bertz CT molecular complexity index is 1060. The number of guanidine groups is 1. The van der Waals surface area contributed by atoms with Gasteiger partial charge in [-0.1, -0.05) is 18.2 Å². The Morgan fingerprint density at radius 3 is 2.74 bits per heavy atom. The summed E-state index contributed by atoms with van der Waals surface area (Å²) in [4.78, 5) is 8.51. The molecule has 0 spiro atoms. The van der Waals surface area contributed by atoms with Gasteiger partial charge in [0.1, 0.15) is 11.6 Å². The van der Waals surface area contributed by atoms with Gasteiger partial charge in [0.15, 0.2) is 17.5 Å². The van der Waals surface area contributed by atoms with Crippen molar-refractivity contribution in [2.45, 2.75) is 13.1 Å². The Balaban J connectivity index is 0.00000272. The van der Waals surface area contributed by atoms with Crippen LogP contribution in [0.1, 0.15) is 11.1 Å². The van der Waals surface area contributed by atoms with Crippen molar-refractivity contribution in [2.24, 2.45) is 4.99 Å². The SMILES string of the molecule is CN=C(NCc1ccc2c(c1)OCO2)NCc1cccnc1Oc1cccc(F)c1.I. The van der Waals surface area contributed by atoms with Crippen LogP contribution < -0.4 is 24.8 Å². The summed E-state index contributed by atoms with van der Waals surface area (Å²) in [7, 11) is 1.70. The molecule has 1 aliphatic heterocycles. The number of hydrogen-bond acceptors (Lipinski definition) is 5. The van der Waals surface area contributed by atoms with Gasteiger partial charge in [0.25, 0.3) is 0 Å². The van der Waals surface area contributed by atoms with E-state index in [-0.39, 0.29) is 36.6 Å². The van der Waals surface area contributed by atoms with Crippen molar-refractivity contribution >= 4 is 29.9 Å². The van der Waals surface area contributed by atoms with E-state index in [1.807, 2.05) is 30.3 Å². The number of halogens is 2. The molecule has 1 aromatic heterocycles. The van der Waals surface area contributed by atoms with E-state index in [9.17, 15) is 4.39 Å². The largest absolute Gasteiger partial charge is 0.454 e. The lowest BCUT2D eigenvalue weighted by Gasteiger charge is -2.14.